The van der Waals surface area contributed by atoms with Gasteiger partial charge < -0.3 is 0 Å². The molecule has 16 heavy (non-hydrogen) atoms. The molecule has 3 rings (SSSR count). The van der Waals surface area contributed by atoms with E-state index in [9.17, 15) is 0 Å². The van der Waals surface area contributed by atoms with Gasteiger partial charge in [0.1, 0.15) is 5.37 Å². The van der Waals surface area contributed by atoms with Crippen molar-refractivity contribution in [2.75, 3.05) is 5.01 Å². The van der Waals surface area contributed by atoms with Gasteiger partial charge in [-0.1, -0.05) is 43.8 Å². The molecule has 0 saturated heterocycles. The summed E-state index contributed by atoms with van der Waals surface area (Å²) in [6.45, 7) is 4.63. The highest BCUT2D eigenvalue weighted by molar-refractivity contribution is 8.13. The quantitative estimate of drug-likeness (QED) is 0.734. The number of para-hydroxylation sites is 1. The normalized spacial score (nSPS) is 31.4. The molecule has 0 spiro atoms. The van der Waals surface area contributed by atoms with Crippen LogP contribution in [0, 0.1) is 5.92 Å². The van der Waals surface area contributed by atoms with E-state index in [1.54, 1.807) is 0 Å². The molecular formula is C13H16N2S. The second-order valence-electron chi connectivity index (χ2n) is 4.51. The summed E-state index contributed by atoms with van der Waals surface area (Å²) >= 11 is 1.86. The first-order valence-corrected chi connectivity index (χ1v) is 6.83. The van der Waals surface area contributed by atoms with E-state index in [4.69, 9.17) is 0 Å². The first kappa shape index (κ1) is 10.2. The van der Waals surface area contributed by atoms with Crippen LogP contribution in [0.1, 0.15) is 31.7 Å². The molecule has 0 aromatic heterocycles. The number of fused-ring (bicyclic) bond motifs is 3. The van der Waals surface area contributed by atoms with Crippen LogP contribution in [0.15, 0.2) is 29.4 Å². The molecule has 3 heteroatoms. The Morgan fingerprint density at radius 1 is 1.38 bits per heavy atom. The lowest BCUT2D eigenvalue weighted by atomic mass is 9.81. The Labute approximate surface area is 101 Å². The Morgan fingerprint density at radius 3 is 3.00 bits per heavy atom. The van der Waals surface area contributed by atoms with Gasteiger partial charge in [0.2, 0.25) is 0 Å². The summed E-state index contributed by atoms with van der Waals surface area (Å²) in [5.74, 6) is 1.33. The number of anilines is 1. The van der Waals surface area contributed by atoms with Crippen molar-refractivity contribution in [2.24, 2.45) is 11.0 Å². The van der Waals surface area contributed by atoms with Crippen LogP contribution in [0.3, 0.4) is 0 Å². The molecule has 0 amide bonds. The highest BCUT2D eigenvalue weighted by Gasteiger charge is 2.40. The summed E-state index contributed by atoms with van der Waals surface area (Å²) in [7, 11) is 0. The first-order chi connectivity index (χ1) is 7.83. The number of thioether (sulfide) groups is 1. The van der Waals surface area contributed by atoms with Gasteiger partial charge >= 0.3 is 0 Å². The van der Waals surface area contributed by atoms with Crippen molar-refractivity contribution in [1.29, 1.82) is 0 Å². The number of nitrogens with zero attached hydrogens (tertiary/aromatic N) is 2. The molecule has 1 aromatic carbocycles. The average molecular weight is 232 g/mol. The zero-order valence-electron chi connectivity index (χ0n) is 9.63. The van der Waals surface area contributed by atoms with Gasteiger partial charge in [-0.25, -0.2) is 0 Å². The van der Waals surface area contributed by atoms with Crippen molar-refractivity contribution in [2.45, 2.75) is 31.6 Å². The van der Waals surface area contributed by atoms with Gasteiger partial charge in [0.25, 0.3) is 0 Å². The van der Waals surface area contributed by atoms with Gasteiger partial charge in [-0.05, 0) is 29.9 Å². The SMILES string of the molecule is CCC1C(C)c2ccccc2N2N=CS[C@H]12. The van der Waals surface area contributed by atoms with Gasteiger partial charge in [-0.3, -0.25) is 5.01 Å². The van der Waals surface area contributed by atoms with E-state index in [2.05, 4.69) is 48.2 Å². The van der Waals surface area contributed by atoms with Crippen molar-refractivity contribution in [3.63, 3.8) is 0 Å². The van der Waals surface area contributed by atoms with Crippen molar-refractivity contribution < 1.29 is 0 Å². The summed E-state index contributed by atoms with van der Waals surface area (Å²) in [5.41, 5.74) is 4.73. The maximum atomic E-state index is 4.50. The molecule has 0 aliphatic carbocycles. The highest BCUT2D eigenvalue weighted by Crippen LogP contribution is 2.48. The van der Waals surface area contributed by atoms with E-state index in [0.717, 1.165) is 0 Å². The third kappa shape index (κ3) is 1.31. The summed E-state index contributed by atoms with van der Waals surface area (Å²) in [4.78, 5) is 0. The van der Waals surface area contributed by atoms with Crippen LogP contribution >= 0.6 is 11.8 Å². The van der Waals surface area contributed by atoms with Crippen molar-refractivity contribution in [1.82, 2.24) is 0 Å². The van der Waals surface area contributed by atoms with Crippen molar-refractivity contribution in [3.05, 3.63) is 29.8 Å². The van der Waals surface area contributed by atoms with Crippen molar-refractivity contribution in [3.8, 4) is 0 Å². The molecule has 2 heterocycles. The second-order valence-corrected chi connectivity index (χ2v) is 5.48. The van der Waals surface area contributed by atoms with Crippen molar-refractivity contribution >= 4 is 23.0 Å². The number of rotatable bonds is 1. The molecule has 2 aliphatic rings. The Hall–Kier alpha value is -0.960. The highest BCUT2D eigenvalue weighted by atomic mass is 32.2. The van der Waals surface area contributed by atoms with E-state index in [1.807, 2.05) is 17.3 Å². The number of hydrogen-bond acceptors (Lipinski definition) is 3. The molecule has 0 N–H and O–H groups in total. The van der Waals surface area contributed by atoms with Gasteiger partial charge in [-0.2, -0.15) is 5.10 Å². The monoisotopic (exact) mass is 232 g/mol. The summed E-state index contributed by atoms with van der Waals surface area (Å²) in [5, 5.41) is 7.21. The van der Waals surface area contributed by atoms with Crippen LogP contribution < -0.4 is 5.01 Å². The topological polar surface area (TPSA) is 15.6 Å². The van der Waals surface area contributed by atoms with E-state index in [-0.39, 0.29) is 0 Å². The predicted molar refractivity (Wildman–Crippen MR) is 71.0 cm³/mol. The molecule has 2 aliphatic heterocycles. The zero-order valence-corrected chi connectivity index (χ0v) is 10.4. The van der Waals surface area contributed by atoms with Crippen LogP contribution in [-0.2, 0) is 0 Å². The van der Waals surface area contributed by atoms with E-state index in [1.165, 1.54) is 17.7 Å². The fourth-order valence-corrected chi connectivity index (χ4v) is 4.05. The van der Waals surface area contributed by atoms with E-state index in [0.29, 0.717) is 17.2 Å². The molecule has 2 nitrogen and oxygen atoms in total. The van der Waals surface area contributed by atoms with Crippen LogP contribution in [0.2, 0.25) is 0 Å². The van der Waals surface area contributed by atoms with Crippen LogP contribution in [-0.4, -0.2) is 10.9 Å². The number of hydrogen-bond donors (Lipinski definition) is 0. The fourth-order valence-electron chi connectivity index (χ4n) is 2.86. The minimum Gasteiger partial charge on any atom is -0.251 e. The maximum absolute atomic E-state index is 4.50. The molecule has 1 aromatic rings. The fraction of sp³-hybridized carbons (Fsp3) is 0.462. The minimum absolute atomic E-state index is 0.509. The second kappa shape index (κ2) is 3.81. The molecule has 2 unspecified atom stereocenters. The number of benzene rings is 1. The minimum atomic E-state index is 0.509. The molecule has 3 atom stereocenters. The van der Waals surface area contributed by atoms with E-state index < -0.39 is 0 Å². The lowest BCUT2D eigenvalue weighted by Crippen LogP contribution is -2.39. The smallest absolute Gasteiger partial charge is 0.107 e. The number of hydrazone groups is 1. The predicted octanol–water partition coefficient (Wildman–Crippen LogP) is 3.65. The lowest BCUT2D eigenvalue weighted by Gasteiger charge is -2.40. The van der Waals surface area contributed by atoms with Crippen LogP contribution in [0.4, 0.5) is 5.69 Å². The molecule has 0 fully saturated rings. The first-order valence-electron chi connectivity index (χ1n) is 5.89. The van der Waals surface area contributed by atoms with Gasteiger partial charge in [-0.15, -0.1) is 0 Å². The maximum Gasteiger partial charge on any atom is 0.107 e. The van der Waals surface area contributed by atoms with Crippen LogP contribution in [0.25, 0.3) is 0 Å². The van der Waals surface area contributed by atoms with Gasteiger partial charge in [0, 0.05) is 0 Å². The standard InChI is InChI=1S/C13H16N2S/c1-3-10-9(2)11-6-4-5-7-12(11)15-13(10)16-8-14-15/h4-10,13H,3H2,1-2H3/t9?,10?,13-/m1/s1. The third-order valence-corrected chi connectivity index (χ3v) is 4.81. The summed E-state index contributed by atoms with van der Waals surface area (Å²) in [6, 6.07) is 8.67. The average Bonchev–Trinajstić information content (AvgIpc) is 2.79. The molecule has 0 bridgehead atoms. The molecule has 0 saturated carbocycles. The third-order valence-electron chi connectivity index (χ3n) is 3.77. The molecular weight excluding hydrogens is 216 g/mol. The van der Waals surface area contributed by atoms with Gasteiger partial charge in [0.05, 0.1) is 11.2 Å². The molecule has 84 valence electrons. The summed E-state index contributed by atoms with van der Waals surface area (Å²) < 4.78 is 0. The Morgan fingerprint density at radius 2 is 2.19 bits per heavy atom. The largest absolute Gasteiger partial charge is 0.251 e. The van der Waals surface area contributed by atoms with Crippen LogP contribution in [0.5, 0.6) is 0 Å². The zero-order chi connectivity index (χ0) is 11.1. The Balaban J connectivity index is 2.11. The Kier molecular flexibility index (Phi) is 2.43. The molecule has 0 radical (unpaired) electrons. The van der Waals surface area contributed by atoms with E-state index >= 15 is 0 Å². The Bertz CT molecular complexity index is 430. The lowest BCUT2D eigenvalue weighted by molar-refractivity contribution is 0.392. The summed E-state index contributed by atoms with van der Waals surface area (Å²) in [6.07, 6.45) is 1.22. The van der Waals surface area contributed by atoms with Gasteiger partial charge in [0.15, 0.2) is 0 Å².